The summed E-state index contributed by atoms with van der Waals surface area (Å²) in [6.07, 6.45) is 0. The number of benzene rings is 2. The Morgan fingerprint density at radius 2 is 1.23 bits per heavy atom. The highest BCUT2D eigenvalue weighted by Crippen LogP contribution is 2.19. The van der Waals surface area contributed by atoms with Crippen LogP contribution in [-0.2, 0) is 9.53 Å². The number of esters is 1. The smallest absolute Gasteiger partial charge is 0.308 e. The average molecular weight is 425 g/mol. The molecule has 2 aromatic carbocycles. The van der Waals surface area contributed by atoms with Crippen molar-refractivity contribution in [3.05, 3.63) is 83.1 Å². The highest BCUT2D eigenvalue weighted by molar-refractivity contribution is 6.87. The largest absolute Gasteiger partial charge is 0.415 e. The fourth-order valence-corrected chi connectivity index (χ4v) is 5.35. The Morgan fingerprint density at radius 3 is 1.61 bits per heavy atom. The molecule has 0 spiro atoms. The van der Waals surface area contributed by atoms with Gasteiger partial charge in [0.05, 0.1) is 0 Å². The molecule has 2 nitrogen and oxygen atoms in total. The quantitative estimate of drug-likeness (QED) is 0.262. The zero-order valence-electron chi connectivity index (χ0n) is 18.7. The Kier molecular flexibility index (Phi) is 9.44. The first kappa shape index (κ1) is 23.8. The van der Waals surface area contributed by atoms with Crippen molar-refractivity contribution >= 4 is 14.0 Å². The summed E-state index contributed by atoms with van der Waals surface area (Å²) in [4.78, 5) is 11.8. The molecule has 0 fully saturated rings. The van der Waals surface area contributed by atoms with Crippen molar-refractivity contribution in [1.29, 1.82) is 0 Å². The minimum absolute atomic E-state index is 0.242. The predicted octanol–water partition coefficient (Wildman–Crippen LogP) is 5.96. The van der Waals surface area contributed by atoms with Gasteiger partial charge in [0.25, 0.3) is 0 Å². The average Bonchev–Trinajstić information content (AvgIpc) is 2.81. The number of ether oxygens (including phenoxy) is 1. The van der Waals surface area contributed by atoms with Gasteiger partial charge in [-0.25, -0.2) is 0 Å². The second-order valence-electron chi connectivity index (χ2n) is 7.12. The van der Waals surface area contributed by atoms with Crippen LogP contribution in [0.3, 0.4) is 0 Å². The summed E-state index contributed by atoms with van der Waals surface area (Å²) in [5.41, 5.74) is 5.62. The highest BCUT2D eigenvalue weighted by Gasteiger charge is 2.24. The van der Waals surface area contributed by atoms with Gasteiger partial charge in [0, 0.05) is 18.1 Å². The van der Waals surface area contributed by atoms with Gasteiger partial charge in [-0.3, -0.25) is 4.79 Å². The van der Waals surface area contributed by atoms with Crippen LogP contribution in [0.15, 0.2) is 72.0 Å². The van der Waals surface area contributed by atoms with E-state index in [-0.39, 0.29) is 5.76 Å². The van der Waals surface area contributed by atoms with Crippen molar-refractivity contribution in [2.45, 2.75) is 45.8 Å². The molecule has 0 aliphatic rings. The first-order valence-corrected chi connectivity index (χ1v) is 13.2. The molecule has 2 aromatic rings. The second kappa shape index (κ2) is 12.3. The van der Waals surface area contributed by atoms with Crippen LogP contribution < -0.4 is 0 Å². The molecule has 0 aliphatic heterocycles. The van der Waals surface area contributed by atoms with Gasteiger partial charge < -0.3 is 4.74 Å². The second-order valence-corrected chi connectivity index (χ2v) is 12.1. The van der Waals surface area contributed by atoms with Crippen molar-refractivity contribution in [2.75, 3.05) is 0 Å². The molecule has 0 atom stereocenters. The molecule has 2 rings (SSSR count). The summed E-state index contributed by atoms with van der Waals surface area (Å²) in [6, 6.07) is 22.5. The van der Waals surface area contributed by atoms with E-state index in [1.165, 1.54) is 6.92 Å². The summed E-state index contributed by atoms with van der Waals surface area (Å²) >= 11 is 0. The summed E-state index contributed by atoms with van der Waals surface area (Å²) in [7, 11) is -1.73. The Bertz CT molecular complexity index is 1020. The molecule has 156 valence electrons. The molecule has 0 saturated heterocycles. The number of allylic oxidation sites excluding steroid dienone is 2. The summed E-state index contributed by atoms with van der Waals surface area (Å²) in [5, 5.41) is 0. The highest BCUT2D eigenvalue weighted by atomic mass is 28.3. The van der Waals surface area contributed by atoms with E-state index in [1.807, 2.05) is 60.7 Å². The minimum atomic E-state index is -1.73. The van der Waals surface area contributed by atoms with Gasteiger partial charge in [0.15, 0.2) is 0 Å². The number of hydrogen-bond donors (Lipinski definition) is 0. The van der Waals surface area contributed by atoms with Crippen molar-refractivity contribution in [3.8, 4) is 35.1 Å². The number of hydrogen-bond acceptors (Lipinski definition) is 2. The topological polar surface area (TPSA) is 26.3 Å². The molecule has 0 radical (unpaired) electrons. The van der Waals surface area contributed by atoms with E-state index in [1.54, 1.807) is 0 Å². The maximum atomic E-state index is 11.8. The van der Waals surface area contributed by atoms with Crippen LogP contribution in [0.5, 0.6) is 0 Å². The van der Waals surface area contributed by atoms with E-state index in [9.17, 15) is 4.79 Å². The molecule has 0 aromatic heterocycles. The third-order valence-corrected chi connectivity index (χ3v) is 9.87. The zero-order valence-corrected chi connectivity index (χ0v) is 19.7. The van der Waals surface area contributed by atoms with Crippen molar-refractivity contribution < 1.29 is 9.53 Å². The summed E-state index contributed by atoms with van der Waals surface area (Å²) in [6.45, 7) is 7.94. The van der Waals surface area contributed by atoms with E-state index >= 15 is 0 Å². The first-order valence-electron chi connectivity index (χ1n) is 10.6. The number of rotatable bonds is 4. The van der Waals surface area contributed by atoms with Crippen molar-refractivity contribution in [2.24, 2.45) is 0 Å². The lowest BCUT2D eigenvalue weighted by atomic mass is 10.1. The molecule has 0 amide bonds. The molecule has 0 heterocycles. The molecule has 0 aliphatic carbocycles. The van der Waals surface area contributed by atoms with Crippen LogP contribution in [-0.4, -0.2) is 14.0 Å². The fourth-order valence-electron chi connectivity index (χ4n) is 2.94. The Hall–Kier alpha value is -3.45. The number of carbonyl (C=O) groups excluding carboxylic acids is 1. The fraction of sp³-hybridized carbons (Fsp3) is 0.250. The molecule has 0 N–H and O–H groups in total. The van der Waals surface area contributed by atoms with Crippen LogP contribution in [0.1, 0.15) is 38.8 Å². The van der Waals surface area contributed by atoms with Gasteiger partial charge in [-0.2, -0.15) is 0 Å². The Morgan fingerprint density at radius 1 is 0.774 bits per heavy atom. The minimum Gasteiger partial charge on any atom is -0.415 e. The van der Waals surface area contributed by atoms with E-state index in [4.69, 9.17) is 4.74 Å². The molecule has 0 bridgehead atoms. The third kappa shape index (κ3) is 7.71. The molecular weight excluding hydrogens is 396 g/mol. The van der Waals surface area contributed by atoms with Crippen LogP contribution in [0.4, 0.5) is 0 Å². The molecule has 31 heavy (non-hydrogen) atoms. The first-order chi connectivity index (χ1) is 15.0. The molecular formula is C28H28O2Si. The van der Waals surface area contributed by atoms with Crippen LogP contribution >= 0.6 is 0 Å². The lowest BCUT2D eigenvalue weighted by Gasteiger charge is -2.20. The lowest BCUT2D eigenvalue weighted by molar-refractivity contribution is -0.136. The van der Waals surface area contributed by atoms with Gasteiger partial charge in [0.1, 0.15) is 13.6 Å². The molecule has 0 unspecified atom stereocenters. The standard InChI is InChI=1S/C28H28O2Si/c1-5-31(6-2,7-3)23-22-28(30-24(4)29)27(20-18-25-14-10-8-11-15-25)21-19-26-16-12-9-13-17-26/h8-17H,5-7H2,1-4H3. The van der Waals surface area contributed by atoms with E-state index in [0.29, 0.717) is 5.57 Å². The summed E-state index contributed by atoms with van der Waals surface area (Å²) in [5.74, 6) is 15.4. The van der Waals surface area contributed by atoms with E-state index in [0.717, 1.165) is 29.3 Å². The maximum Gasteiger partial charge on any atom is 0.308 e. The van der Waals surface area contributed by atoms with Gasteiger partial charge in [-0.1, -0.05) is 69.0 Å². The van der Waals surface area contributed by atoms with Crippen LogP contribution in [0, 0.1) is 35.1 Å². The van der Waals surface area contributed by atoms with Gasteiger partial charge in [-0.15, -0.1) is 5.54 Å². The normalized spacial score (nSPS) is 9.68. The molecule has 3 heteroatoms. The van der Waals surface area contributed by atoms with Gasteiger partial charge in [0.2, 0.25) is 5.76 Å². The lowest BCUT2D eigenvalue weighted by Crippen LogP contribution is -2.29. The summed E-state index contributed by atoms with van der Waals surface area (Å²) < 4.78 is 5.50. The maximum absolute atomic E-state index is 11.8. The van der Waals surface area contributed by atoms with Gasteiger partial charge in [-0.05, 0) is 60.2 Å². The predicted molar refractivity (Wildman–Crippen MR) is 130 cm³/mol. The molecule has 0 saturated carbocycles. The third-order valence-electron chi connectivity index (χ3n) is 5.16. The van der Waals surface area contributed by atoms with Crippen molar-refractivity contribution in [3.63, 3.8) is 0 Å². The Balaban J connectivity index is 2.65. The van der Waals surface area contributed by atoms with Crippen LogP contribution in [0.2, 0.25) is 18.1 Å². The Labute approximate surface area is 187 Å². The number of carbonyl (C=O) groups is 1. The SMILES string of the molecule is CC[Si](C#CC(OC(C)=O)=C(C#Cc1ccccc1)C#Cc1ccccc1)(CC)CC. The van der Waals surface area contributed by atoms with E-state index < -0.39 is 14.0 Å². The van der Waals surface area contributed by atoms with Crippen molar-refractivity contribution in [1.82, 2.24) is 0 Å². The van der Waals surface area contributed by atoms with E-state index in [2.05, 4.69) is 55.9 Å². The monoisotopic (exact) mass is 424 g/mol. The van der Waals surface area contributed by atoms with Crippen LogP contribution in [0.25, 0.3) is 0 Å². The van der Waals surface area contributed by atoms with Gasteiger partial charge >= 0.3 is 5.97 Å². The zero-order chi connectivity index (χ0) is 22.5.